The molecule has 0 fully saturated rings. The Kier molecular flexibility index (Phi) is 6.83. The van der Waals surface area contributed by atoms with Gasteiger partial charge in [-0.15, -0.1) is 0 Å². The lowest BCUT2D eigenvalue weighted by Gasteiger charge is -2.07. The molecular formula is C22H27N. The van der Waals surface area contributed by atoms with Crippen LogP contribution in [0.1, 0.15) is 32.3 Å². The maximum Gasteiger partial charge on any atom is 0.0109 e. The van der Waals surface area contributed by atoms with E-state index in [0.717, 1.165) is 19.3 Å². The summed E-state index contributed by atoms with van der Waals surface area (Å²) in [5, 5.41) is 0. The van der Waals surface area contributed by atoms with E-state index < -0.39 is 0 Å². The van der Waals surface area contributed by atoms with Gasteiger partial charge in [-0.2, -0.15) is 0 Å². The molecule has 2 rings (SSSR count). The summed E-state index contributed by atoms with van der Waals surface area (Å²) in [6.45, 7) is 4.91. The third-order valence-electron chi connectivity index (χ3n) is 3.97. The number of rotatable bonds is 7. The van der Waals surface area contributed by atoms with Crippen molar-refractivity contribution in [3.8, 4) is 11.1 Å². The average Bonchev–Trinajstić information content (AvgIpc) is 2.58. The highest BCUT2D eigenvalue weighted by Gasteiger charge is 2.00. The fourth-order valence-electron chi connectivity index (χ4n) is 2.59. The number of hydrogen-bond acceptors (Lipinski definition) is 1. The molecule has 1 heteroatoms. The van der Waals surface area contributed by atoms with Gasteiger partial charge in [0.25, 0.3) is 0 Å². The van der Waals surface area contributed by atoms with Gasteiger partial charge in [0.1, 0.15) is 0 Å². The number of hydrogen-bond donors (Lipinski definition) is 1. The van der Waals surface area contributed by atoms with Gasteiger partial charge in [0, 0.05) is 6.54 Å². The molecule has 0 radical (unpaired) electrons. The molecule has 0 saturated carbocycles. The van der Waals surface area contributed by atoms with Crippen molar-refractivity contribution in [2.45, 2.75) is 33.1 Å². The van der Waals surface area contributed by atoms with Crippen molar-refractivity contribution in [1.82, 2.24) is 0 Å². The summed E-state index contributed by atoms with van der Waals surface area (Å²) in [5.41, 5.74) is 12.4. The van der Waals surface area contributed by atoms with Gasteiger partial charge >= 0.3 is 0 Å². The minimum Gasteiger partial charge on any atom is -0.327 e. The third-order valence-corrected chi connectivity index (χ3v) is 3.97. The van der Waals surface area contributed by atoms with Crippen LogP contribution in [0.25, 0.3) is 11.1 Å². The second-order valence-corrected chi connectivity index (χ2v) is 6.15. The average molecular weight is 305 g/mol. The summed E-state index contributed by atoms with van der Waals surface area (Å²) < 4.78 is 0. The highest BCUT2D eigenvalue weighted by atomic mass is 14.5. The van der Waals surface area contributed by atoms with E-state index in [1.165, 1.54) is 27.8 Å². The van der Waals surface area contributed by atoms with Crippen LogP contribution in [0.4, 0.5) is 0 Å². The van der Waals surface area contributed by atoms with E-state index in [4.69, 9.17) is 5.73 Å². The summed E-state index contributed by atoms with van der Waals surface area (Å²) in [6.07, 6.45) is 7.60. The van der Waals surface area contributed by atoms with Gasteiger partial charge in [0.05, 0.1) is 0 Å². The minimum absolute atomic E-state index is 0.624. The quantitative estimate of drug-likeness (QED) is 0.669. The van der Waals surface area contributed by atoms with Crippen molar-refractivity contribution < 1.29 is 0 Å². The summed E-state index contributed by atoms with van der Waals surface area (Å²) in [7, 11) is 0. The van der Waals surface area contributed by atoms with Gasteiger partial charge in [-0.25, -0.2) is 0 Å². The fraction of sp³-hybridized carbons (Fsp3) is 0.273. The van der Waals surface area contributed by atoms with Crippen LogP contribution >= 0.6 is 0 Å². The molecule has 0 spiro atoms. The van der Waals surface area contributed by atoms with E-state index in [1.807, 2.05) is 0 Å². The number of benzene rings is 2. The van der Waals surface area contributed by atoms with E-state index in [1.54, 1.807) is 0 Å². The van der Waals surface area contributed by atoms with Crippen LogP contribution < -0.4 is 5.73 Å². The number of nitrogens with two attached hydrogens (primary N) is 1. The van der Waals surface area contributed by atoms with E-state index in [0.29, 0.717) is 6.54 Å². The molecule has 0 saturated heterocycles. The van der Waals surface area contributed by atoms with E-state index in [9.17, 15) is 0 Å². The molecule has 0 atom stereocenters. The Labute approximate surface area is 140 Å². The molecule has 0 amide bonds. The van der Waals surface area contributed by atoms with Crippen LogP contribution in [0.15, 0.2) is 77.9 Å². The minimum atomic E-state index is 0.624. The smallest absolute Gasteiger partial charge is 0.0109 e. The Balaban J connectivity index is 1.97. The SMILES string of the molecule is CC(C)=CC/C(=C\CN)CCc1ccc(-c2ccccc2)cc1. The normalized spacial score (nSPS) is 11.3. The Morgan fingerprint density at radius 2 is 1.52 bits per heavy atom. The first kappa shape index (κ1) is 17.2. The van der Waals surface area contributed by atoms with Crippen molar-refractivity contribution in [2.75, 3.05) is 6.54 Å². The number of aryl methyl sites for hydroxylation is 1. The van der Waals surface area contributed by atoms with Crippen LogP contribution in [-0.4, -0.2) is 6.54 Å². The molecule has 0 heterocycles. The van der Waals surface area contributed by atoms with Gasteiger partial charge in [0.2, 0.25) is 0 Å². The lowest BCUT2D eigenvalue weighted by atomic mass is 9.98. The van der Waals surface area contributed by atoms with Gasteiger partial charge in [0.15, 0.2) is 0 Å². The van der Waals surface area contributed by atoms with Crippen LogP contribution in [-0.2, 0) is 6.42 Å². The Bertz CT molecular complexity index is 644. The topological polar surface area (TPSA) is 26.0 Å². The molecule has 0 aliphatic rings. The molecule has 0 unspecified atom stereocenters. The van der Waals surface area contributed by atoms with Gasteiger partial charge in [-0.05, 0) is 49.8 Å². The molecule has 0 aromatic heterocycles. The van der Waals surface area contributed by atoms with Crippen LogP contribution in [0.5, 0.6) is 0 Å². The van der Waals surface area contributed by atoms with Crippen LogP contribution in [0.2, 0.25) is 0 Å². The van der Waals surface area contributed by atoms with Crippen molar-refractivity contribution in [1.29, 1.82) is 0 Å². The molecule has 0 aliphatic carbocycles. The predicted molar refractivity (Wildman–Crippen MR) is 101 cm³/mol. The van der Waals surface area contributed by atoms with E-state index in [-0.39, 0.29) is 0 Å². The van der Waals surface area contributed by atoms with Gasteiger partial charge in [-0.1, -0.05) is 77.9 Å². The van der Waals surface area contributed by atoms with Gasteiger partial charge < -0.3 is 5.73 Å². The zero-order valence-corrected chi connectivity index (χ0v) is 14.3. The van der Waals surface area contributed by atoms with Crippen molar-refractivity contribution in [3.63, 3.8) is 0 Å². The maximum atomic E-state index is 5.69. The summed E-state index contributed by atoms with van der Waals surface area (Å²) in [6, 6.07) is 19.4. The summed E-state index contributed by atoms with van der Waals surface area (Å²) in [5.74, 6) is 0. The number of allylic oxidation sites excluding steroid dienone is 3. The van der Waals surface area contributed by atoms with Crippen LogP contribution in [0.3, 0.4) is 0 Å². The van der Waals surface area contributed by atoms with E-state index in [2.05, 4.69) is 80.6 Å². The highest BCUT2D eigenvalue weighted by Crippen LogP contribution is 2.21. The lowest BCUT2D eigenvalue weighted by molar-refractivity contribution is 0.899. The second-order valence-electron chi connectivity index (χ2n) is 6.15. The first-order valence-corrected chi connectivity index (χ1v) is 8.34. The Morgan fingerprint density at radius 1 is 0.870 bits per heavy atom. The first-order chi connectivity index (χ1) is 11.2. The van der Waals surface area contributed by atoms with Crippen molar-refractivity contribution >= 4 is 0 Å². The molecule has 23 heavy (non-hydrogen) atoms. The molecule has 2 aromatic carbocycles. The molecule has 2 N–H and O–H groups in total. The highest BCUT2D eigenvalue weighted by molar-refractivity contribution is 5.63. The fourth-order valence-corrected chi connectivity index (χ4v) is 2.59. The molecular weight excluding hydrogens is 278 g/mol. The second kappa shape index (κ2) is 9.12. The maximum absolute atomic E-state index is 5.69. The first-order valence-electron chi connectivity index (χ1n) is 8.34. The Hall–Kier alpha value is -2.12. The molecule has 120 valence electrons. The lowest BCUT2D eigenvalue weighted by Crippen LogP contribution is -1.97. The van der Waals surface area contributed by atoms with E-state index >= 15 is 0 Å². The van der Waals surface area contributed by atoms with Crippen LogP contribution in [0, 0.1) is 0 Å². The monoisotopic (exact) mass is 305 g/mol. The molecule has 0 aliphatic heterocycles. The van der Waals surface area contributed by atoms with Gasteiger partial charge in [-0.3, -0.25) is 0 Å². The summed E-state index contributed by atoms with van der Waals surface area (Å²) >= 11 is 0. The zero-order chi connectivity index (χ0) is 16.5. The third kappa shape index (κ3) is 5.88. The molecule has 0 bridgehead atoms. The molecule has 1 nitrogen and oxygen atoms in total. The van der Waals surface area contributed by atoms with Crippen molar-refractivity contribution in [3.05, 3.63) is 83.5 Å². The predicted octanol–water partition coefficient (Wildman–Crippen LogP) is 5.53. The van der Waals surface area contributed by atoms with Crippen molar-refractivity contribution in [2.24, 2.45) is 5.73 Å². The standard InChI is InChI=1S/C22H27N/c1-18(2)8-9-20(16-17-23)11-10-19-12-14-22(15-13-19)21-6-4-3-5-7-21/h3-8,12-16H,9-11,17,23H2,1-2H3/b20-16+. The Morgan fingerprint density at radius 3 is 2.13 bits per heavy atom. The molecule has 2 aromatic rings. The largest absolute Gasteiger partial charge is 0.327 e. The summed E-state index contributed by atoms with van der Waals surface area (Å²) in [4.78, 5) is 0. The zero-order valence-electron chi connectivity index (χ0n) is 14.3.